The monoisotopic (exact) mass is 534 g/mol. The van der Waals surface area contributed by atoms with E-state index in [2.05, 4.69) is 56.3 Å². The van der Waals surface area contributed by atoms with E-state index in [0.29, 0.717) is 12.5 Å². The van der Waals surface area contributed by atoms with E-state index >= 15 is 0 Å². The van der Waals surface area contributed by atoms with Crippen LogP contribution in [0.1, 0.15) is 62.1 Å². The van der Waals surface area contributed by atoms with Gasteiger partial charge in [-0.15, -0.1) is 0 Å². The first kappa shape index (κ1) is 28.8. The smallest absolute Gasteiger partial charge is 0.188 e. The molecule has 6 nitrogen and oxygen atoms in total. The van der Waals surface area contributed by atoms with Gasteiger partial charge in [0.15, 0.2) is 13.6 Å². The van der Waals surface area contributed by atoms with Crippen LogP contribution in [-0.4, -0.2) is 41.0 Å². The molecule has 0 aliphatic carbocycles. The molecule has 6 heteroatoms. The normalized spacial score (nSPS) is 18.2. The molecular weight excluding hydrogens is 492 g/mol. The van der Waals surface area contributed by atoms with Crippen molar-refractivity contribution in [2.45, 2.75) is 57.3 Å². The number of benzene rings is 3. The van der Waals surface area contributed by atoms with Crippen molar-refractivity contribution in [3.63, 3.8) is 0 Å². The summed E-state index contributed by atoms with van der Waals surface area (Å²) in [6.45, 7) is 6.23. The molecule has 3 aromatic carbocycles. The van der Waals surface area contributed by atoms with E-state index in [1.54, 1.807) is 14.2 Å². The molecule has 1 heterocycles. The van der Waals surface area contributed by atoms with Crippen molar-refractivity contribution >= 4 is 0 Å². The summed E-state index contributed by atoms with van der Waals surface area (Å²) in [5.74, 6) is 3.69. The Kier molecular flexibility index (Phi) is 10.5. The lowest BCUT2D eigenvalue weighted by molar-refractivity contribution is 0.0505. The van der Waals surface area contributed by atoms with Crippen molar-refractivity contribution in [2.75, 3.05) is 41.0 Å². The fourth-order valence-corrected chi connectivity index (χ4v) is 5.28. The molecule has 0 aromatic heterocycles. The highest BCUT2D eigenvalue weighted by Gasteiger charge is 2.42. The molecule has 1 aliphatic heterocycles. The van der Waals surface area contributed by atoms with Crippen LogP contribution in [0.5, 0.6) is 23.0 Å². The Labute approximate surface area is 233 Å². The predicted molar refractivity (Wildman–Crippen MR) is 153 cm³/mol. The van der Waals surface area contributed by atoms with Gasteiger partial charge < -0.3 is 28.4 Å². The van der Waals surface area contributed by atoms with Gasteiger partial charge in [0, 0.05) is 31.6 Å². The second kappa shape index (κ2) is 14.2. The topological polar surface area (TPSA) is 55.4 Å². The lowest BCUT2D eigenvalue weighted by Crippen LogP contribution is -2.40. The third-order valence-corrected chi connectivity index (χ3v) is 7.46. The highest BCUT2D eigenvalue weighted by atomic mass is 16.7. The van der Waals surface area contributed by atoms with Crippen molar-refractivity contribution in [2.24, 2.45) is 0 Å². The van der Waals surface area contributed by atoms with E-state index in [4.69, 9.17) is 28.4 Å². The molecule has 0 saturated heterocycles. The maximum absolute atomic E-state index is 6.37. The minimum Gasteiger partial charge on any atom is -0.494 e. The summed E-state index contributed by atoms with van der Waals surface area (Å²) >= 11 is 0. The van der Waals surface area contributed by atoms with Gasteiger partial charge in [-0.25, -0.2) is 0 Å². The van der Waals surface area contributed by atoms with Gasteiger partial charge >= 0.3 is 0 Å². The molecule has 2 atom stereocenters. The van der Waals surface area contributed by atoms with Gasteiger partial charge in [0.25, 0.3) is 0 Å². The molecule has 0 amide bonds. The minimum absolute atomic E-state index is 0.181. The Bertz CT molecular complexity index is 1140. The van der Waals surface area contributed by atoms with E-state index in [1.165, 1.54) is 16.7 Å². The number of rotatable bonds is 15. The number of ether oxygens (including phenoxy) is 6. The SMILES string of the molecule is CCCOc1ccc(CCCCC2c3ccc(OCOC)cc3OCC2(C)c2ccc(OCOC)cc2)cc1. The summed E-state index contributed by atoms with van der Waals surface area (Å²) in [7, 11) is 3.25. The fraction of sp³-hybridized carbons (Fsp3) is 0.455. The average molecular weight is 535 g/mol. The molecule has 2 unspecified atom stereocenters. The molecule has 3 aromatic rings. The highest BCUT2D eigenvalue weighted by Crippen LogP contribution is 2.50. The fourth-order valence-electron chi connectivity index (χ4n) is 5.28. The number of aryl methyl sites for hydroxylation is 1. The number of methoxy groups -OCH3 is 2. The summed E-state index contributed by atoms with van der Waals surface area (Å²) in [6, 6.07) is 23.1. The number of hydrogen-bond donors (Lipinski definition) is 0. The molecule has 39 heavy (non-hydrogen) atoms. The largest absolute Gasteiger partial charge is 0.494 e. The first-order valence-electron chi connectivity index (χ1n) is 13.9. The highest BCUT2D eigenvalue weighted by molar-refractivity contribution is 5.48. The van der Waals surface area contributed by atoms with Gasteiger partial charge in [0.05, 0.1) is 13.2 Å². The molecule has 0 spiro atoms. The van der Waals surface area contributed by atoms with Crippen LogP contribution in [0.15, 0.2) is 66.7 Å². The van der Waals surface area contributed by atoms with Crippen LogP contribution in [0.25, 0.3) is 0 Å². The Morgan fingerprint density at radius 3 is 2.13 bits per heavy atom. The van der Waals surface area contributed by atoms with Gasteiger partial charge in [-0.1, -0.05) is 50.6 Å². The lowest BCUT2D eigenvalue weighted by Gasteiger charge is -2.43. The molecule has 0 fully saturated rings. The van der Waals surface area contributed by atoms with Crippen LogP contribution in [0.2, 0.25) is 0 Å². The first-order valence-corrected chi connectivity index (χ1v) is 13.9. The number of fused-ring (bicyclic) bond motifs is 1. The summed E-state index contributed by atoms with van der Waals surface area (Å²) in [5.41, 5.74) is 3.64. The molecule has 0 bridgehead atoms. The number of hydrogen-bond acceptors (Lipinski definition) is 6. The minimum atomic E-state index is -0.181. The van der Waals surface area contributed by atoms with Crippen LogP contribution in [0, 0.1) is 0 Å². The Balaban J connectivity index is 1.49. The molecule has 0 N–H and O–H groups in total. The molecule has 4 rings (SSSR count). The summed E-state index contributed by atoms with van der Waals surface area (Å²) in [6.07, 6.45) is 5.37. The molecule has 1 aliphatic rings. The van der Waals surface area contributed by atoms with Crippen LogP contribution in [-0.2, 0) is 21.3 Å². The van der Waals surface area contributed by atoms with Crippen LogP contribution >= 0.6 is 0 Å². The third kappa shape index (κ3) is 7.46. The summed E-state index contributed by atoms with van der Waals surface area (Å²) in [5, 5.41) is 0. The van der Waals surface area contributed by atoms with Gasteiger partial charge in [-0.2, -0.15) is 0 Å². The van der Waals surface area contributed by atoms with Crippen molar-refractivity contribution in [3.8, 4) is 23.0 Å². The van der Waals surface area contributed by atoms with Crippen molar-refractivity contribution in [1.82, 2.24) is 0 Å². The zero-order chi connectivity index (χ0) is 27.5. The van der Waals surface area contributed by atoms with E-state index in [-0.39, 0.29) is 19.0 Å². The second-order valence-corrected chi connectivity index (χ2v) is 10.3. The van der Waals surface area contributed by atoms with Gasteiger partial charge in [0.1, 0.15) is 23.0 Å². The molecular formula is C33H42O6. The van der Waals surface area contributed by atoms with E-state index in [1.807, 2.05) is 24.3 Å². The first-order chi connectivity index (χ1) is 19.1. The van der Waals surface area contributed by atoms with E-state index < -0.39 is 0 Å². The zero-order valence-electron chi connectivity index (χ0n) is 23.7. The lowest BCUT2D eigenvalue weighted by atomic mass is 9.66. The van der Waals surface area contributed by atoms with Crippen molar-refractivity contribution < 1.29 is 28.4 Å². The van der Waals surface area contributed by atoms with Crippen LogP contribution in [0.4, 0.5) is 0 Å². The predicted octanol–water partition coefficient (Wildman–Crippen LogP) is 7.29. The average Bonchev–Trinajstić information content (AvgIpc) is 2.97. The molecule has 0 radical (unpaired) electrons. The summed E-state index contributed by atoms with van der Waals surface area (Å²) in [4.78, 5) is 0. The number of unbranched alkanes of at least 4 members (excludes halogenated alkanes) is 1. The van der Waals surface area contributed by atoms with Crippen LogP contribution < -0.4 is 18.9 Å². The van der Waals surface area contributed by atoms with Crippen molar-refractivity contribution in [3.05, 3.63) is 83.4 Å². The van der Waals surface area contributed by atoms with Crippen LogP contribution in [0.3, 0.4) is 0 Å². The molecule has 0 saturated carbocycles. The maximum atomic E-state index is 6.37. The quantitative estimate of drug-likeness (QED) is 0.151. The van der Waals surface area contributed by atoms with Gasteiger partial charge in [-0.05, 0) is 72.7 Å². The Morgan fingerprint density at radius 1 is 0.795 bits per heavy atom. The van der Waals surface area contributed by atoms with Gasteiger partial charge in [0.2, 0.25) is 0 Å². The van der Waals surface area contributed by atoms with Crippen molar-refractivity contribution in [1.29, 1.82) is 0 Å². The standard InChI is InChI=1S/C33H42O6/c1-5-20-36-27-14-10-25(11-15-27)8-6-7-9-31-30-19-18-29(39-24-35-4)21-32(30)37-22-33(31,2)26-12-16-28(17-13-26)38-23-34-3/h10-19,21,31H,5-9,20,22-24H2,1-4H3. The summed E-state index contributed by atoms with van der Waals surface area (Å²) < 4.78 is 33.5. The van der Waals surface area contributed by atoms with Gasteiger partial charge in [-0.3, -0.25) is 0 Å². The second-order valence-electron chi connectivity index (χ2n) is 10.3. The Hall–Kier alpha value is -3.22. The Morgan fingerprint density at radius 2 is 1.44 bits per heavy atom. The molecule has 210 valence electrons. The zero-order valence-corrected chi connectivity index (χ0v) is 23.7. The third-order valence-electron chi connectivity index (χ3n) is 7.46. The van der Waals surface area contributed by atoms with E-state index in [9.17, 15) is 0 Å². The maximum Gasteiger partial charge on any atom is 0.188 e. The van der Waals surface area contributed by atoms with E-state index in [0.717, 1.165) is 61.7 Å².